The highest BCUT2D eigenvalue weighted by atomic mass is 19.1. The second kappa shape index (κ2) is 9.25. The standard InChI is InChI=1S/C24H20FN5O4/c1-3-34-24(32)18-12-30(16-6-7-16)21-17(22(18)31)9-19(25)20(23(21)33-2)13-4-5-14(10-26)15(8-13)11-28-29-27/h4-5,8-9,12,16H,3,6-7,11H2,1-2H3. The molecule has 10 heteroatoms. The monoisotopic (exact) mass is 461 g/mol. The second-order valence-corrected chi connectivity index (χ2v) is 7.77. The minimum absolute atomic E-state index is 0.0125. The van der Waals surface area contributed by atoms with E-state index in [4.69, 9.17) is 15.0 Å². The molecule has 9 nitrogen and oxygen atoms in total. The van der Waals surface area contributed by atoms with Crippen LogP contribution in [0.15, 0.2) is 40.4 Å². The van der Waals surface area contributed by atoms with Gasteiger partial charge in [0.15, 0.2) is 5.75 Å². The van der Waals surface area contributed by atoms with Crippen molar-refractivity contribution in [1.29, 1.82) is 5.26 Å². The van der Waals surface area contributed by atoms with Crippen LogP contribution in [0.5, 0.6) is 5.75 Å². The average molecular weight is 461 g/mol. The number of aromatic nitrogens is 1. The number of rotatable bonds is 7. The Balaban J connectivity index is 2.04. The van der Waals surface area contributed by atoms with Gasteiger partial charge in [0.2, 0.25) is 5.43 Å². The average Bonchev–Trinajstić information content (AvgIpc) is 3.68. The number of benzene rings is 2. The lowest BCUT2D eigenvalue weighted by Crippen LogP contribution is -2.21. The van der Waals surface area contributed by atoms with E-state index in [1.54, 1.807) is 23.6 Å². The lowest BCUT2D eigenvalue weighted by molar-refractivity contribution is 0.0524. The van der Waals surface area contributed by atoms with Crippen LogP contribution in [-0.2, 0) is 11.3 Å². The zero-order valence-corrected chi connectivity index (χ0v) is 18.5. The van der Waals surface area contributed by atoms with E-state index in [9.17, 15) is 14.9 Å². The Hall–Kier alpha value is -4.35. The molecule has 0 bridgehead atoms. The summed E-state index contributed by atoms with van der Waals surface area (Å²) in [6, 6.07) is 7.80. The van der Waals surface area contributed by atoms with Crippen molar-refractivity contribution in [3.8, 4) is 22.9 Å². The third-order valence-electron chi connectivity index (χ3n) is 5.68. The minimum atomic E-state index is -0.762. The first kappa shape index (κ1) is 22.8. The highest BCUT2D eigenvalue weighted by Gasteiger charge is 2.30. The van der Waals surface area contributed by atoms with Crippen LogP contribution in [0.25, 0.3) is 32.5 Å². The van der Waals surface area contributed by atoms with Crippen LogP contribution in [0.3, 0.4) is 0 Å². The van der Waals surface area contributed by atoms with Gasteiger partial charge in [0.25, 0.3) is 0 Å². The van der Waals surface area contributed by atoms with Gasteiger partial charge in [-0.25, -0.2) is 9.18 Å². The number of azide groups is 1. The van der Waals surface area contributed by atoms with Gasteiger partial charge in [0, 0.05) is 17.2 Å². The molecule has 0 unspecified atom stereocenters. The summed E-state index contributed by atoms with van der Waals surface area (Å²) in [5, 5.41) is 12.9. The first-order chi connectivity index (χ1) is 16.4. The molecule has 0 amide bonds. The zero-order chi connectivity index (χ0) is 24.4. The number of nitriles is 1. The normalized spacial score (nSPS) is 12.6. The van der Waals surface area contributed by atoms with Crippen LogP contribution in [0, 0.1) is 17.1 Å². The van der Waals surface area contributed by atoms with Gasteiger partial charge < -0.3 is 14.0 Å². The number of ether oxygens (including phenoxy) is 2. The molecule has 1 saturated carbocycles. The van der Waals surface area contributed by atoms with Gasteiger partial charge in [-0.15, -0.1) is 0 Å². The van der Waals surface area contributed by atoms with Crippen molar-refractivity contribution in [3.05, 3.63) is 73.6 Å². The van der Waals surface area contributed by atoms with Gasteiger partial charge in [-0.05, 0) is 54.6 Å². The predicted molar refractivity (Wildman–Crippen MR) is 122 cm³/mol. The number of carbonyl (C=O) groups is 1. The van der Waals surface area contributed by atoms with E-state index in [0.29, 0.717) is 22.2 Å². The Morgan fingerprint density at radius 3 is 2.76 bits per heavy atom. The van der Waals surface area contributed by atoms with E-state index in [-0.39, 0.29) is 41.5 Å². The molecule has 0 N–H and O–H groups in total. The highest BCUT2D eigenvalue weighted by molar-refractivity contribution is 5.98. The summed E-state index contributed by atoms with van der Waals surface area (Å²) >= 11 is 0. The number of hydrogen-bond donors (Lipinski definition) is 0. The third kappa shape index (κ3) is 3.93. The summed E-state index contributed by atoms with van der Waals surface area (Å²) < 4.78 is 28.0. The molecule has 34 heavy (non-hydrogen) atoms. The molecule has 1 aliphatic carbocycles. The number of fused-ring (bicyclic) bond motifs is 1. The van der Waals surface area contributed by atoms with Gasteiger partial charge in [-0.3, -0.25) is 4.79 Å². The largest absolute Gasteiger partial charge is 0.494 e. The molecule has 1 aromatic heterocycles. The molecule has 0 spiro atoms. The van der Waals surface area contributed by atoms with E-state index >= 15 is 4.39 Å². The molecular formula is C24H20FN5O4. The van der Waals surface area contributed by atoms with E-state index in [1.165, 1.54) is 19.4 Å². The summed E-state index contributed by atoms with van der Waals surface area (Å²) in [5.74, 6) is -1.36. The lowest BCUT2D eigenvalue weighted by atomic mass is 9.96. The number of esters is 1. The molecule has 2 aromatic carbocycles. The van der Waals surface area contributed by atoms with Gasteiger partial charge >= 0.3 is 5.97 Å². The van der Waals surface area contributed by atoms with E-state index in [1.807, 2.05) is 6.07 Å². The molecule has 1 aliphatic rings. The van der Waals surface area contributed by atoms with Crippen molar-refractivity contribution in [2.45, 2.75) is 32.4 Å². The molecule has 172 valence electrons. The summed E-state index contributed by atoms with van der Waals surface area (Å²) in [4.78, 5) is 28.3. The molecular weight excluding hydrogens is 441 g/mol. The first-order valence-electron chi connectivity index (χ1n) is 10.6. The van der Waals surface area contributed by atoms with Crippen LogP contribution < -0.4 is 10.2 Å². The molecule has 0 saturated heterocycles. The number of pyridine rings is 1. The molecule has 3 aromatic rings. The Morgan fingerprint density at radius 1 is 1.38 bits per heavy atom. The Labute approximate surface area is 193 Å². The smallest absolute Gasteiger partial charge is 0.343 e. The quantitative estimate of drug-likeness (QED) is 0.211. The van der Waals surface area contributed by atoms with Crippen LogP contribution in [0.4, 0.5) is 4.39 Å². The van der Waals surface area contributed by atoms with Crippen LogP contribution in [0.2, 0.25) is 0 Å². The van der Waals surface area contributed by atoms with Crippen molar-refractivity contribution in [2.75, 3.05) is 13.7 Å². The topological polar surface area (TPSA) is 130 Å². The van der Waals surface area contributed by atoms with E-state index in [0.717, 1.165) is 18.9 Å². The number of methoxy groups -OCH3 is 1. The SMILES string of the molecule is CCOC(=O)c1cn(C2CC2)c2c(OC)c(-c3ccc(C#N)c(CN=[N+]=[N-])c3)c(F)cc2c1=O. The van der Waals surface area contributed by atoms with Crippen molar-refractivity contribution in [1.82, 2.24) is 4.57 Å². The fourth-order valence-corrected chi connectivity index (χ4v) is 4.01. The summed E-state index contributed by atoms with van der Waals surface area (Å²) in [7, 11) is 1.38. The summed E-state index contributed by atoms with van der Waals surface area (Å²) in [6.45, 7) is 1.66. The highest BCUT2D eigenvalue weighted by Crippen LogP contribution is 2.44. The van der Waals surface area contributed by atoms with Gasteiger partial charge in [0.05, 0.1) is 48.4 Å². The van der Waals surface area contributed by atoms with Crippen LogP contribution in [0.1, 0.15) is 47.3 Å². The molecule has 1 heterocycles. The summed E-state index contributed by atoms with van der Waals surface area (Å²) in [6.07, 6.45) is 3.13. The fraction of sp³-hybridized carbons (Fsp3) is 0.292. The molecule has 0 aliphatic heterocycles. The number of carbonyl (C=O) groups excluding carboxylic acids is 1. The summed E-state index contributed by atoms with van der Waals surface area (Å²) in [5.41, 5.74) is 9.45. The van der Waals surface area contributed by atoms with Gasteiger partial charge in [-0.1, -0.05) is 11.2 Å². The van der Waals surface area contributed by atoms with Crippen molar-refractivity contribution in [2.24, 2.45) is 5.11 Å². The molecule has 1 fully saturated rings. The number of nitrogens with zero attached hydrogens (tertiary/aromatic N) is 5. The van der Waals surface area contributed by atoms with Gasteiger partial charge in [-0.2, -0.15) is 5.26 Å². The third-order valence-corrected chi connectivity index (χ3v) is 5.68. The molecule has 0 radical (unpaired) electrons. The van der Waals surface area contributed by atoms with Crippen molar-refractivity contribution >= 4 is 16.9 Å². The van der Waals surface area contributed by atoms with Crippen molar-refractivity contribution in [3.63, 3.8) is 0 Å². The minimum Gasteiger partial charge on any atom is -0.494 e. The Kier molecular flexibility index (Phi) is 6.21. The van der Waals surface area contributed by atoms with Crippen LogP contribution in [-0.4, -0.2) is 24.3 Å². The molecule has 4 rings (SSSR count). The van der Waals surface area contributed by atoms with E-state index < -0.39 is 17.2 Å². The number of halogens is 1. The molecule has 0 atom stereocenters. The fourth-order valence-electron chi connectivity index (χ4n) is 4.01. The first-order valence-corrected chi connectivity index (χ1v) is 10.6. The van der Waals surface area contributed by atoms with Crippen molar-refractivity contribution < 1.29 is 18.7 Å². The lowest BCUT2D eigenvalue weighted by Gasteiger charge is -2.19. The van der Waals surface area contributed by atoms with Crippen LogP contribution >= 0.6 is 0 Å². The second-order valence-electron chi connectivity index (χ2n) is 7.77. The maximum atomic E-state index is 15.5. The zero-order valence-electron chi connectivity index (χ0n) is 18.5. The van der Waals surface area contributed by atoms with Gasteiger partial charge in [0.1, 0.15) is 11.4 Å². The Morgan fingerprint density at radius 2 is 2.15 bits per heavy atom. The maximum absolute atomic E-state index is 15.5. The maximum Gasteiger partial charge on any atom is 0.343 e. The van der Waals surface area contributed by atoms with E-state index in [2.05, 4.69) is 10.0 Å². The predicted octanol–water partition coefficient (Wildman–Crippen LogP) is 5.01. The Bertz CT molecular complexity index is 1460. The number of hydrogen-bond acceptors (Lipinski definition) is 6.